The largest absolute Gasteiger partial charge is 0.508 e. The summed E-state index contributed by atoms with van der Waals surface area (Å²) in [6, 6.07) is 13.1. The summed E-state index contributed by atoms with van der Waals surface area (Å²) >= 11 is 0. The predicted octanol–water partition coefficient (Wildman–Crippen LogP) is 3.67. The number of aromatic hydroxyl groups is 1. The molecule has 5 nitrogen and oxygen atoms in total. The van der Waals surface area contributed by atoms with E-state index in [0.29, 0.717) is 6.42 Å². The molecule has 126 valence electrons. The molecular weight excluding hydrogens is 314 g/mol. The molecule has 2 heterocycles. The molecule has 1 aliphatic heterocycles. The standard InChI is InChI=1S/C20H19N3O2/c1-12-3-6-15(9-13(12)2)23-20-18(11-21-23)17(10-19(25)22-20)14-4-7-16(24)8-5-14/h3-9,11,17,24H,10H2,1-2H3,(H,22,25). The van der Waals surface area contributed by atoms with Crippen molar-refractivity contribution in [2.45, 2.75) is 26.2 Å². The van der Waals surface area contributed by atoms with Gasteiger partial charge in [-0.15, -0.1) is 0 Å². The highest BCUT2D eigenvalue weighted by Crippen LogP contribution is 2.38. The van der Waals surface area contributed by atoms with Crippen molar-refractivity contribution >= 4 is 11.7 Å². The Bertz CT molecular complexity index is 958. The van der Waals surface area contributed by atoms with Gasteiger partial charge in [-0.3, -0.25) is 4.79 Å². The van der Waals surface area contributed by atoms with E-state index in [1.54, 1.807) is 16.8 Å². The van der Waals surface area contributed by atoms with Gasteiger partial charge in [0.15, 0.2) is 0 Å². The van der Waals surface area contributed by atoms with Gasteiger partial charge in [-0.05, 0) is 54.8 Å². The molecule has 0 aliphatic carbocycles. The van der Waals surface area contributed by atoms with E-state index in [-0.39, 0.29) is 17.6 Å². The number of carbonyl (C=O) groups is 1. The van der Waals surface area contributed by atoms with Crippen LogP contribution in [0.2, 0.25) is 0 Å². The summed E-state index contributed by atoms with van der Waals surface area (Å²) in [5, 5.41) is 17.0. The van der Waals surface area contributed by atoms with Gasteiger partial charge in [0.1, 0.15) is 11.6 Å². The molecule has 2 aromatic carbocycles. The van der Waals surface area contributed by atoms with Crippen molar-refractivity contribution in [3.05, 3.63) is 70.9 Å². The van der Waals surface area contributed by atoms with Crippen LogP contribution in [0.1, 0.15) is 34.6 Å². The van der Waals surface area contributed by atoms with E-state index in [1.165, 1.54) is 11.1 Å². The van der Waals surface area contributed by atoms with Gasteiger partial charge >= 0.3 is 0 Å². The topological polar surface area (TPSA) is 67.2 Å². The van der Waals surface area contributed by atoms with Crippen LogP contribution in [0, 0.1) is 13.8 Å². The molecule has 1 amide bonds. The first kappa shape index (κ1) is 15.4. The Morgan fingerprint density at radius 2 is 1.88 bits per heavy atom. The fourth-order valence-corrected chi connectivity index (χ4v) is 3.28. The maximum atomic E-state index is 12.3. The second-order valence-corrected chi connectivity index (χ2v) is 6.53. The molecule has 0 bridgehead atoms. The molecule has 1 aromatic heterocycles. The fourth-order valence-electron chi connectivity index (χ4n) is 3.28. The highest BCUT2D eigenvalue weighted by molar-refractivity contribution is 5.94. The van der Waals surface area contributed by atoms with E-state index >= 15 is 0 Å². The zero-order chi connectivity index (χ0) is 17.6. The van der Waals surface area contributed by atoms with Gasteiger partial charge in [0, 0.05) is 17.9 Å². The molecule has 0 saturated carbocycles. The van der Waals surface area contributed by atoms with Crippen LogP contribution in [0.4, 0.5) is 5.82 Å². The smallest absolute Gasteiger partial charge is 0.226 e. The lowest BCUT2D eigenvalue weighted by molar-refractivity contribution is -0.116. The zero-order valence-electron chi connectivity index (χ0n) is 14.2. The number of aryl methyl sites for hydroxylation is 2. The molecule has 0 radical (unpaired) electrons. The summed E-state index contributed by atoms with van der Waals surface area (Å²) in [6.07, 6.45) is 2.19. The minimum Gasteiger partial charge on any atom is -0.508 e. The molecule has 1 atom stereocenters. The van der Waals surface area contributed by atoms with Gasteiger partial charge in [-0.25, -0.2) is 4.68 Å². The molecule has 4 rings (SSSR count). The van der Waals surface area contributed by atoms with Gasteiger partial charge in [-0.2, -0.15) is 5.10 Å². The van der Waals surface area contributed by atoms with Gasteiger partial charge < -0.3 is 10.4 Å². The Kier molecular flexibility index (Phi) is 3.57. The molecule has 0 fully saturated rings. The third kappa shape index (κ3) is 2.67. The van der Waals surface area contributed by atoms with Crippen LogP contribution in [-0.4, -0.2) is 20.8 Å². The van der Waals surface area contributed by atoms with Crippen molar-refractivity contribution in [3.8, 4) is 11.4 Å². The van der Waals surface area contributed by atoms with Crippen molar-refractivity contribution in [2.24, 2.45) is 0 Å². The Morgan fingerprint density at radius 3 is 2.60 bits per heavy atom. The van der Waals surface area contributed by atoms with Crippen LogP contribution in [0.5, 0.6) is 5.75 Å². The number of nitrogens with one attached hydrogen (secondary N) is 1. The van der Waals surface area contributed by atoms with Crippen LogP contribution in [0.15, 0.2) is 48.7 Å². The zero-order valence-corrected chi connectivity index (χ0v) is 14.2. The molecule has 25 heavy (non-hydrogen) atoms. The minimum atomic E-state index is -0.0651. The van der Waals surface area contributed by atoms with Crippen LogP contribution in [0.3, 0.4) is 0 Å². The van der Waals surface area contributed by atoms with E-state index in [9.17, 15) is 9.90 Å². The second kappa shape index (κ2) is 5.77. The van der Waals surface area contributed by atoms with E-state index < -0.39 is 0 Å². The van der Waals surface area contributed by atoms with Gasteiger partial charge in [-0.1, -0.05) is 18.2 Å². The van der Waals surface area contributed by atoms with Crippen LogP contribution < -0.4 is 5.32 Å². The summed E-state index contributed by atoms with van der Waals surface area (Å²) in [5.74, 6) is 0.841. The lowest BCUT2D eigenvalue weighted by Gasteiger charge is -2.24. The van der Waals surface area contributed by atoms with Crippen LogP contribution in [0.25, 0.3) is 5.69 Å². The second-order valence-electron chi connectivity index (χ2n) is 6.53. The summed E-state index contributed by atoms with van der Waals surface area (Å²) < 4.78 is 1.78. The predicted molar refractivity (Wildman–Crippen MR) is 96.2 cm³/mol. The number of hydrogen-bond donors (Lipinski definition) is 2. The third-order valence-electron chi connectivity index (χ3n) is 4.85. The number of nitrogens with zero attached hydrogens (tertiary/aromatic N) is 2. The van der Waals surface area contributed by atoms with Gasteiger partial charge in [0.05, 0.1) is 11.9 Å². The average molecular weight is 333 g/mol. The Balaban J connectivity index is 1.81. The van der Waals surface area contributed by atoms with Crippen LogP contribution in [-0.2, 0) is 4.79 Å². The minimum absolute atomic E-state index is 0.0313. The number of phenols is 1. The Labute approximate surface area is 145 Å². The maximum Gasteiger partial charge on any atom is 0.226 e. The number of phenolic OH excluding ortho intramolecular Hbond substituents is 1. The first-order valence-corrected chi connectivity index (χ1v) is 8.27. The molecule has 5 heteroatoms. The number of benzene rings is 2. The van der Waals surface area contributed by atoms with Crippen molar-refractivity contribution in [3.63, 3.8) is 0 Å². The summed E-state index contributed by atoms with van der Waals surface area (Å²) in [4.78, 5) is 12.3. The molecule has 1 unspecified atom stereocenters. The SMILES string of the molecule is Cc1ccc(-n2ncc3c2NC(=O)CC3c2ccc(O)cc2)cc1C. The third-order valence-corrected chi connectivity index (χ3v) is 4.85. The maximum absolute atomic E-state index is 12.3. The lowest BCUT2D eigenvalue weighted by Crippen LogP contribution is -2.24. The van der Waals surface area contributed by atoms with Crippen molar-refractivity contribution < 1.29 is 9.90 Å². The van der Waals surface area contributed by atoms with Crippen molar-refractivity contribution in [2.75, 3.05) is 5.32 Å². The molecule has 2 N–H and O–H groups in total. The lowest BCUT2D eigenvalue weighted by atomic mass is 9.87. The van der Waals surface area contributed by atoms with E-state index in [4.69, 9.17) is 0 Å². The van der Waals surface area contributed by atoms with E-state index in [2.05, 4.69) is 36.4 Å². The molecule has 1 aliphatic rings. The monoisotopic (exact) mass is 333 g/mol. The summed E-state index contributed by atoms with van der Waals surface area (Å²) in [5.41, 5.74) is 5.31. The molecule has 0 saturated heterocycles. The van der Waals surface area contributed by atoms with Crippen molar-refractivity contribution in [1.82, 2.24) is 9.78 Å². The average Bonchev–Trinajstić information content (AvgIpc) is 3.01. The first-order valence-electron chi connectivity index (χ1n) is 8.27. The fraction of sp³-hybridized carbons (Fsp3) is 0.200. The number of rotatable bonds is 2. The number of fused-ring (bicyclic) bond motifs is 1. The normalized spacial score (nSPS) is 16.4. The Hall–Kier alpha value is -3.08. The molecule has 3 aromatic rings. The summed E-state index contributed by atoms with van der Waals surface area (Å²) in [7, 11) is 0. The molecule has 0 spiro atoms. The first-order chi connectivity index (χ1) is 12.0. The number of amides is 1. The molecular formula is C20H19N3O2. The van der Waals surface area contributed by atoms with E-state index in [0.717, 1.165) is 22.6 Å². The highest BCUT2D eigenvalue weighted by Gasteiger charge is 2.30. The van der Waals surface area contributed by atoms with Gasteiger partial charge in [0.2, 0.25) is 5.91 Å². The highest BCUT2D eigenvalue weighted by atomic mass is 16.3. The van der Waals surface area contributed by atoms with E-state index in [1.807, 2.05) is 24.4 Å². The van der Waals surface area contributed by atoms with Gasteiger partial charge in [0.25, 0.3) is 0 Å². The Morgan fingerprint density at radius 1 is 1.12 bits per heavy atom. The quantitative estimate of drug-likeness (QED) is 0.752. The summed E-state index contributed by atoms with van der Waals surface area (Å²) in [6.45, 7) is 4.13. The number of anilines is 1. The number of hydrogen-bond acceptors (Lipinski definition) is 3. The number of aromatic nitrogens is 2. The van der Waals surface area contributed by atoms with Crippen LogP contribution >= 0.6 is 0 Å². The number of carbonyl (C=O) groups excluding carboxylic acids is 1. The van der Waals surface area contributed by atoms with Crippen molar-refractivity contribution in [1.29, 1.82) is 0 Å².